The summed E-state index contributed by atoms with van der Waals surface area (Å²) in [7, 11) is 0. The molecule has 0 atom stereocenters. The number of benzene rings is 1. The van der Waals surface area contributed by atoms with Crippen LogP contribution < -0.4 is 10.9 Å². The van der Waals surface area contributed by atoms with Crippen molar-refractivity contribution in [3.8, 4) is 0 Å². The van der Waals surface area contributed by atoms with Crippen LogP contribution in [0.2, 0.25) is 0 Å². The van der Waals surface area contributed by atoms with Crippen LogP contribution in [0.5, 0.6) is 0 Å². The lowest BCUT2D eigenvalue weighted by Gasteiger charge is -2.09. The first-order chi connectivity index (χ1) is 10.8. The van der Waals surface area contributed by atoms with Crippen LogP contribution in [-0.4, -0.2) is 15.5 Å². The van der Waals surface area contributed by atoms with Crippen LogP contribution in [-0.2, 0) is 23.9 Å². The first kappa shape index (κ1) is 16.7. The Hall–Kier alpha value is -2.64. The van der Waals surface area contributed by atoms with Gasteiger partial charge in [0.15, 0.2) is 0 Å². The maximum atomic E-state index is 12.4. The number of aromatic nitrogens is 2. The molecule has 2 rings (SSSR count). The molecule has 0 fully saturated rings. The number of hydrogen-bond donors (Lipinski definition) is 1. The average molecular weight is 325 g/mol. The zero-order valence-corrected chi connectivity index (χ0v) is 12.2. The highest BCUT2D eigenvalue weighted by atomic mass is 19.4. The van der Waals surface area contributed by atoms with Gasteiger partial charge in [0.05, 0.1) is 11.9 Å². The molecule has 8 heteroatoms. The molecule has 1 heterocycles. The van der Waals surface area contributed by atoms with Gasteiger partial charge in [0.2, 0.25) is 5.91 Å². The van der Waals surface area contributed by atoms with Crippen molar-refractivity contribution in [2.75, 3.05) is 5.32 Å². The zero-order valence-electron chi connectivity index (χ0n) is 12.2. The largest absolute Gasteiger partial charge is 0.416 e. The van der Waals surface area contributed by atoms with Gasteiger partial charge in [-0.2, -0.15) is 13.2 Å². The molecule has 23 heavy (non-hydrogen) atoms. The summed E-state index contributed by atoms with van der Waals surface area (Å²) in [5.41, 5.74) is -0.325. The molecular formula is C15H14F3N3O2. The highest BCUT2D eigenvalue weighted by Gasteiger charge is 2.29. The smallest absolute Gasteiger partial charge is 0.325 e. The summed E-state index contributed by atoms with van der Waals surface area (Å²) >= 11 is 0. The highest BCUT2D eigenvalue weighted by molar-refractivity contribution is 5.90. The minimum atomic E-state index is -4.43. The van der Waals surface area contributed by atoms with Gasteiger partial charge in [0.25, 0.3) is 5.56 Å². The van der Waals surface area contributed by atoms with E-state index in [1.807, 2.05) is 6.92 Å². The second-order valence-corrected chi connectivity index (χ2v) is 4.82. The second kappa shape index (κ2) is 6.64. The standard InChI is InChI=1S/C15H14F3N3O2/c1-2-11-7-14(23)21(9-19-11)8-13(22)20-12-5-3-10(4-6-12)15(16,17)18/h3-7,9H,2,8H2,1H3,(H,20,22). The molecule has 1 N–H and O–H groups in total. The molecule has 0 saturated heterocycles. The van der Waals surface area contributed by atoms with Gasteiger partial charge in [-0.15, -0.1) is 0 Å². The summed E-state index contributed by atoms with van der Waals surface area (Å²) in [6.07, 6.45) is -2.55. The van der Waals surface area contributed by atoms with Crippen LogP contribution in [0, 0.1) is 0 Å². The van der Waals surface area contributed by atoms with Crippen molar-refractivity contribution in [3.05, 3.63) is 58.3 Å². The maximum Gasteiger partial charge on any atom is 0.416 e. The fourth-order valence-electron chi connectivity index (χ4n) is 1.87. The molecule has 2 aromatic rings. The number of hydrogen-bond acceptors (Lipinski definition) is 3. The average Bonchev–Trinajstić information content (AvgIpc) is 2.49. The summed E-state index contributed by atoms with van der Waals surface area (Å²) in [5.74, 6) is -0.530. The lowest BCUT2D eigenvalue weighted by Crippen LogP contribution is -2.27. The van der Waals surface area contributed by atoms with E-state index < -0.39 is 17.6 Å². The fourth-order valence-corrected chi connectivity index (χ4v) is 1.87. The van der Waals surface area contributed by atoms with Gasteiger partial charge in [0, 0.05) is 17.4 Å². The zero-order chi connectivity index (χ0) is 17.0. The van der Waals surface area contributed by atoms with Gasteiger partial charge in [-0.3, -0.25) is 14.2 Å². The lowest BCUT2D eigenvalue weighted by molar-refractivity contribution is -0.137. The molecule has 1 aromatic carbocycles. The Bertz CT molecular complexity index is 752. The van der Waals surface area contributed by atoms with E-state index in [4.69, 9.17) is 0 Å². The predicted molar refractivity (Wildman–Crippen MR) is 77.9 cm³/mol. The lowest BCUT2D eigenvalue weighted by atomic mass is 10.2. The van der Waals surface area contributed by atoms with Gasteiger partial charge in [0.1, 0.15) is 6.54 Å². The Morgan fingerprint density at radius 2 is 1.91 bits per heavy atom. The maximum absolute atomic E-state index is 12.4. The number of nitrogens with one attached hydrogen (secondary N) is 1. The molecule has 0 spiro atoms. The predicted octanol–water partition coefficient (Wildman–Crippen LogP) is 2.46. The molecule has 0 saturated carbocycles. The number of carbonyl (C=O) groups is 1. The van der Waals surface area contributed by atoms with Crippen LogP contribution in [0.25, 0.3) is 0 Å². The quantitative estimate of drug-likeness (QED) is 0.939. The van der Waals surface area contributed by atoms with Gasteiger partial charge in [-0.05, 0) is 30.7 Å². The molecule has 0 aliphatic heterocycles. The number of anilines is 1. The fraction of sp³-hybridized carbons (Fsp3) is 0.267. The highest BCUT2D eigenvalue weighted by Crippen LogP contribution is 2.29. The van der Waals surface area contributed by atoms with E-state index in [9.17, 15) is 22.8 Å². The van der Waals surface area contributed by atoms with Crippen LogP contribution in [0.1, 0.15) is 18.2 Å². The van der Waals surface area contributed by atoms with Crippen molar-refractivity contribution in [3.63, 3.8) is 0 Å². The van der Waals surface area contributed by atoms with Crippen molar-refractivity contribution in [1.29, 1.82) is 0 Å². The Kier molecular flexibility index (Phi) is 4.83. The van der Waals surface area contributed by atoms with Crippen molar-refractivity contribution in [1.82, 2.24) is 9.55 Å². The minimum absolute atomic E-state index is 0.217. The summed E-state index contributed by atoms with van der Waals surface area (Å²) < 4.78 is 38.5. The third kappa shape index (κ3) is 4.41. The summed E-state index contributed by atoms with van der Waals surface area (Å²) in [5, 5.41) is 2.43. The Balaban J connectivity index is 2.04. The van der Waals surface area contributed by atoms with Gasteiger partial charge in [-0.25, -0.2) is 4.98 Å². The molecule has 0 aliphatic rings. The van der Waals surface area contributed by atoms with Crippen molar-refractivity contribution in [2.45, 2.75) is 26.1 Å². The van der Waals surface area contributed by atoms with E-state index in [1.54, 1.807) is 0 Å². The number of halogens is 3. The molecule has 0 radical (unpaired) electrons. The van der Waals surface area contributed by atoms with Crippen LogP contribution in [0.4, 0.5) is 18.9 Å². The summed E-state index contributed by atoms with van der Waals surface area (Å²) in [4.78, 5) is 27.6. The first-order valence-corrected chi connectivity index (χ1v) is 6.82. The summed E-state index contributed by atoms with van der Waals surface area (Å²) in [6, 6.07) is 5.40. The third-order valence-corrected chi connectivity index (χ3v) is 3.11. The minimum Gasteiger partial charge on any atom is -0.325 e. The molecule has 0 bridgehead atoms. The van der Waals surface area contributed by atoms with Crippen LogP contribution >= 0.6 is 0 Å². The Labute approximate surface area is 129 Å². The SMILES string of the molecule is CCc1cc(=O)n(CC(=O)Nc2ccc(C(F)(F)F)cc2)cn1. The van der Waals surface area contributed by atoms with Gasteiger partial charge in [-0.1, -0.05) is 6.92 Å². The number of amides is 1. The van der Waals surface area contributed by atoms with Gasteiger partial charge < -0.3 is 5.32 Å². The van der Waals surface area contributed by atoms with Crippen LogP contribution in [0.15, 0.2) is 41.5 Å². The van der Waals surface area contributed by atoms with E-state index in [-0.39, 0.29) is 17.8 Å². The number of alkyl halides is 3. The van der Waals surface area contributed by atoms with E-state index in [0.717, 1.165) is 28.8 Å². The molecule has 0 unspecified atom stereocenters. The van der Waals surface area contributed by atoms with E-state index in [0.29, 0.717) is 12.1 Å². The van der Waals surface area contributed by atoms with Crippen molar-refractivity contribution >= 4 is 11.6 Å². The van der Waals surface area contributed by atoms with E-state index in [2.05, 4.69) is 10.3 Å². The number of carbonyl (C=O) groups excluding carboxylic acids is 1. The van der Waals surface area contributed by atoms with Gasteiger partial charge >= 0.3 is 6.18 Å². The van der Waals surface area contributed by atoms with Crippen molar-refractivity contribution < 1.29 is 18.0 Å². The first-order valence-electron chi connectivity index (χ1n) is 6.82. The van der Waals surface area contributed by atoms with E-state index >= 15 is 0 Å². The van der Waals surface area contributed by atoms with Crippen molar-refractivity contribution in [2.24, 2.45) is 0 Å². The normalized spacial score (nSPS) is 11.3. The molecule has 1 amide bonds. The molecule has 1 aromatic heterocycles. The molecule has 122 valence electrons. The third-order valence-electron chi connectivity index (χ3n) is 3.11. The molecular weight excluding hydrogens is 311 g/mol. The van der Waals surface area contributed by atoms with E-state index in [1.165, 1.54) is 12.4 Å². The van der Waals surface area contributed by atoms with Crippen LogP contribution in [0.3, 0.4) is 0 Å². The molecule has 0 aliphatic carbocycles. The number of aryl methyl sites for hydroxylation is 1. The number of nitrogens with zero attached hydrogens (tertiary/aromatic N) is 2. The number of rotatable bonds is 4. The second-order valence-electron chi connectivity index (χ2n) is 4.82. The summed E-state index contributed by atoms with van der Waals surface area (Å²) in [6.45, 7) is 1.58. The molecule has 5 nitrogen and oxygen atoms in total. The monoisotopic (exact) mass is 325 g/mol. The topological polar surface area (TPSA) is 64.0 Å². The Morgan fingerprint density at radius 1 is 1.26 bits per heavy atom. The Morgan fingerprint density at radius 3 is 2.43 bits per heavy atom.